The molecule has 4 amide bonds. The van der Waals surface area contributed by atoms with Crippen molar-refractivity contribution in [3.8, 4) is 0 Å². The van der Waals surface area contributed by atoms with E-state index in [1.54, 1.807) is 12.1 Å². The Morgan fingerprint density at radius 2 is 1.85 bits per heavy atom. The molecule has 0 aromatic heterocycles. The maximum atomic E-state index is 11.8. The summed E-state index contributed by atoms with van der Waals surface area (Å²) in [7, 11) is 0. The van der Waals surface area contributed by atoms with Crippen molar-refractivity contribution in [1.82, 2.24) is 15.5 Å². The minimum Gasteiger partial charge on any atom is -0.454 e. The molecule has 1 aliphatic rings. The van der Waals surface area contributed by atoms with Crippen LogP contribution in [-0.2, 0) is 19.1 Å². The van der Waals surface area contributed by atoms with Crippen LogP contribution in [0.25, 0.3) is 0 Å². The fraction of sp³-hybridized carbons (Fsp3) is 0.312. The molecule has 2 N–H and O–H groups in total. The largest absolute Gasteiger partial charge is 0.454 e. The van der Waals surface area contributed by atoms with Crippen LogP contribution in [0.3, 0.4) is 0 Å². The van der Waals surface area contributed by atoms with Crippen molar-refractivity contribution in [3.63, 3.8) is 0 Å². The first-order valence-corrected chi connectivity index (χ1v) is 9.16. The molecule has 1 saturated heterocycles. The van der Waals surface area contributed by atoms with Crippen molar-refractivity contribution in [1.29, 1.82) is 0 Å². The molecule has 0 atom stereocenters. The molecule has 1 aliphatic heterocycles. The molecule has 0 spiro atoms. The summed E-state index contributed by atoms with van der Waals surface area (Å²) in [6, 6.07) is 6.10. The Balaban J connectivity index is 1.61. The van der Waals surface area contributed by atoms with Gasteiger partial charge in [-0.3, -0.25) is 28.9 Å². The summed E-state index contributed by atoms with van der Waals surface area (Å²) in [5, 5.41) is 4.92. The van der Waals surface area contributed by atoms with Gasteiger partial charge in [-0.15, -0.1) is 0 Å². The molecule has 1 heterocycles. The lowest BCUT2D eigenvalue weighted by atomic mass is 10.2. The van der Waals surface area contributed by atoms with Gasteiger partial charge in [0.2, 0.25) is 5.91 Å². The first-order valence-electron chi connectivity index (χ1n) is 7.80. The number of ether oxygens (including phenoxy) is 1. The summed E-state index contributed by atoms with van der Waals surface area (Å²) < 4.78 is 4.74. The van der Waals surface area contributed by atoms with Crippen LogP contribution in [0.15, 0.2) is 24.3 Å². The van der Waals surface area contributed by atoms with Crippen molar-refractivity contribution in [2.75, 3.05) is 32.0 Å². The molecule has 2 rings (SSSR count). The fourth-order valence-corrected chi connectivity index (χ4v) is 2.89. The van der Waals surface area contributed by atoms with Crippen molar-refractivity contribution in [2.24, 2.45) is 0 Å². The zero-order chi connectivity index (χ0) is 19.8. The van der Waals surface area contributed by atoms with Gasteiger partial charge >= 0.3 is 5.97 Å². The lowest BCUT2D eigenvalue weighted by molar-refractivity contribution is -0.147. The number of nitrogens with one attached hydrogen (secondary N) is 2. The summed E-state index contributed by atoms with van der Waals surface area (Å²) in [5.41, 5.74) is 0.328. The fourth-order valence-electron chi connectivity index (χ4n) is 2.01. The first kappa shape index (κ1) is 20.7. The Morgan fingerprint density at radius 1 is 1.15 bits per heavy atom. The summed E-state index contributed by atoms with van der Waals surface area (Å²) in [4.78, 5) is 58.8. The number of esters is 1. The van der Waals surface area contributed by atoms with Gasteiger partial charge in [-0.1, -0.05) is 23.4 Å². The molecule has 0 radical (unpaired) electrons. The van der Waals surface area contributed by atoms with Gasteiger partial charge in [0.1, 0.15) is 6.54 Å². The van der Waals surface area contributed by atoms with Gasteiger partial charge in [-0.25, -0.2) is 0 Å². The third kappa shape index (κ3) is 6.57. The molecule has 1 fully saturated rings. The predicted octanol–water partition coefficient (Wildman–Crippen LogP) is 0.425. The van der Waals surface area contributed by atoms with Crippen molar-refractivity contribution in [2.45, 2.75) is 0 Å². The first-order chi connectivity index (χ1) is 12.9. The van der Waals surface area contributed by atoms with Gasteiger partial charge in [0.15, 0.2) is 6.61 Å². The molecular weight excluding hydrogens is 398 g/mol. The second kappa shape index (κ2) is 9.93. The highest BCUT2D eigenvalue weighted by Gasteiger charge is 2.29. The molecular formula is C16H16ClN3O6S. The topological polar surface area (TPSA) is 122 Å². The Labute approximate surface area is 163 Å². The quantitative estimate of drug-likeness (QED) is 0.592. The van der Waals surface area contributed by atoms with E-state index in [1.807, 2.05) is 0 Å². The highest BCUT2D eigenvalue weighted by molar-refractivity contribution is 8.14. The van der Waals surface area contributed by atoms with Crippen molar-refractivity contribution in [3.05, 3.63) is 34.9 Å². The molecule has 0 saturated carbocycles. The lowest BCUT2D eigenvalue weighted by Gasteiger charge is -2.13. The van der Waals surface area contributed by atoms with E-state index in [0.717, 1.165) is 16.7 Å². The summed E-state index contributed by atoms with van der Waals surface area (Å²) in [6.45, 7) is -0.821. The van der Waals surface area contributed by atoms with E-state index in [-0.39, 0.29) is 30.0 Å². The number of amides is 4. The second-order valence-corrected chi connectivity index (χ2v) is 6.66. The van der Waals surface area contributed by atoms with E-state index in [9.17, 15) is 24.0 Å². The van der Waals surface area contributed by atoms with Gasteiger partial charge in [0, 0.05) is 23.7 Å². The van der Waals surface area contributed by atoms with Crippen LogP contribution in [0, 0.1) is 0 Å². The minimum absolute atomic E-state index is 0.0570. The van der Waals surface area contributed by atoms with Gasteiger partial charge in [-0.2, -0.15) is 0 Å². The SMILES string of the molecule is O=C(COC(=O)CNC(=O)c1ccc(Cl)cc1)NCCN1C(=O)CSC1=O. The highest BCUT2D eigenvalue weighted by atomic mass is 35.5. The van der Waals surface area contributed by atoms with E-state index in [0.29, 0.717) is 10.6 Å². The van der Waals surface area contributed by atoms with Crippen LogP contribution < -0.4 is 10.6 Å². The van der Waals surface area contributed by atoms with E-state index >= 15 is 0 Å². The molecule has 0 aliphatic carbocycles. The Hall–Kier alpha value is -2.59. The average Bonchev–Trinajstić information content (AvgIpc) is 2.97. The Kier molecular flexibility index (Phi) is 7.62. The van der Waals surface area contributed by atoms with Crippen LogP contribution in [0.5, 0.6) is 0 Å². The number of carbonyl (C=O) groups is 5. The zero-order valence-electron chi connectivity index (χ0n) is 14.0. The number of benzene rings is 1. The minimum atomic E-state index is -0.784. The third-order valence-corrected chi connectivity index (χ3v) is 4.47. The molecule has 144 valence electrons. The number of nitrogens with zero attached hydrogens (tertiary/aromatic N) is 1. The average molecular weight is 414 g/mol. The predicted molar refractivity (Wildman–Crippen MR) is 97.3 cm³/mol. The molecule has 27 heavy (non-hydrogen) atoms. The summed E-state index contributed by atoms with van der Waals surface area (Å²) in [5.74, 6) is -2.05. The van der Waals surface area contributed by atoms with Crippen LogP contribution >= 0.6 is 23.4 Å². The standard InChI is InChI=1S/C16H16ClN3O6S/c17-11-3-1-10(2-4-11)15(24)19-7-14(23)26-8-12(21)18-5-6-20-13(22)9-27-16(20)25/h1-4H,5-9H2,(H,18,21)(H,19,24). The molecule has 0 unspecified atom stereocenters. The number of hydrogen-bond acceptors (Lipinski definition) is 7. The lowest BCUT2D eigenvalue weighted by Crippen LogP contribution is -2.39. The second-order valence-electron chi connectivity index (χ2n) is 5.30. The Bertz CT molecular complexity index is 739. The van der Waals surface area contributed by atoms with Gasteiger partial charge in [-0.05, 0) is 24.3 Å². The van der Waals surface area contributed by atoms with Gasteiger partial charge in [0.25, 0.3) is 17.1 Å². The van der Waals surface area contributed by atoms with E-state index < -0.39 is 30.9 Å². The van der Waals surface area contributed by atoms with Crippen LogP contribution in [0.2, 0.25) is 5.02 Å². The van der Waals surface area contributed by atoms with Gasteiger partial charge in [0.05, 0.1) is 5.75 Å². The monoisotopic (exact) mass is 413 g/mol. The summed E-state index contributed by atoms with van der Waals surface area (Å²) >= 11 is 6.63. The number of hydrogen-bond donors (Lipinski definition) is 2. The Morgan fingerprint density at radius 3 is 2.48 bits per heavy atom. The van der Waals surface area contributed by atoms with Gasteiger partial charge < -0.3 is 15.4 Å². The number of carbonyl (C=O) groups excluding carboxylic acids is 5. The maximum Gasteiger partial charge on any atom is 0.325 e. The van der Waals surface area contributed by atoms with E-state index in [1.165, 1.54) is 12.1 Å². The smallest absolute Gasteiger partial charge is 0.325 e. The number of rotatable bonds is 8. The number of imide groups is 1. The molecule has 1 aromatic carbocycles. The van der Waals surface area contributed by atoms with E-state index in [4.69, 9.17) is 16.3 Å². The van der Waals surface area contributed by atoms with Crippen LogP contribution in [0.4, 0.5) is 4.79 Å². The molecule has 1 aromatic rings. The number of halogens is 1. The van der Waals surface area contributed by atoms with Crippen molar-refractivity contribution >= 4 is 52.3 Å². The van der Waals surface area contributed by atoms with Crippen LogP contribution in [0.1, 0.15) is 10.4 Å². The zero-order valence-corrected chi connectivity index (χ0v) is 15.6. The van der Waals surface area contributed by atoms with Crippen molar-refractivity contribution < 1.29 is 28.7 Å². The van der Waals surface area contributed by atoms with E-state index in [2.05, 4.69) is 10.6 Å². The maximum absolute atomic E-state index is 11.8. The third-order valence-electron chi connectivity index (χ3n) is 3.36. The van der Waals surface area contributed by atoms with Crippen LogP contribution in [-0.4, -0.2) is 65.8 Å². The molecule has 0 bridgehead atoms. The molecule has 9 nitrogen and oxygen atoms in total. The highest BCUT2D eigenvalue weighted by Crippen LogP contribution is 2.17. The summed E-state index contributed by atoms with van der Waals surface area (Å²) in [6.07, 6.45) is 0. The normalized spacial score (nSPS) is 13.4. The molecule has 11 heteroatoms. The number of thioether (sulfide) groups is 1.